The van der Waals surface area contributed by atoms with E-state index in [4.69, 9.17) is 9.47 Å². The van der Waals surface area contributed by atoms with E-state index in [0.29, 0.717) is 29.0 Å². The van der Waals surface area contributed by atoms with Gasteiger partial charge in [-0.15, -0.1) is 11.3 Å². The van der Waals surface area contributed by atoms with E-state index in [2.05, 4.69) is 36.1 Å². The predicted molar refractivity (Wildman–Crippen MR) is 164 cm³/mol. The van der Waals surface area contributed by atoms with Crippen molar-refractivity contribution in [2.24, 2.45) is 11.3 Å². The predicted octanol–water partition coefficient (Wildman–Crippen LogP) is 6.75. The van der Waals surface area contributed by atoms with Crippen molar-refractivity contribution >= 4 is 38.1 Å². The number of anilines is 1. The zero-order valence-electron chi connectivity index (χ0n) is 25.7. The number of esters is 1. The van der Waals surface area contributed by atoms with Gasteiger partial charge in [-0.3, -0.25) is 4.79 Å². The highest BCUT2D eigenvalue weighted by Crippen LogP contribution is 2.44. The zero-order valence-corrected chi connectivity index (χ0v) is 27.3. The van der Waals surface area contributed by atoms with Gasteiger partial charge in [0.15, 0.2) is 0 Å². The molecule has 0 radical (unpaired) electrons. The third kappa shape index (κ3) is 8.01. The summed E-state index contributed by atoms with van der Waals surface area (Å²) in [5.74, 6) is -1.15. The minimum atomic E-state index is -4.94. The van der Waals surface area contributed by atoms with Crippen LogP contribution >= 0.6 is 11.3 Å². The van der Waals surface area contributed by atoms with Gasteiger partial charge in [-0.05, 0) is 67.7 Å². The third-order valence-corrected chi connectivity index (χ3v) is 10.4. The molecule has 1 N–H and O–H groups in total. The number of fused-ring (bicyclic) bond motifs is 1. The van der Waals surface area contributed by atoms with Crippen molar-refractivity contribution in [3.8, 4) is 17.0 Å². The number of hydrogen-bond acceptors (Lipinski definition) is 9. The maximum Gasteiger partial charge on any atom is 0.433 e. The molecule has 1 aromatic carbocycles. The maximum absolute atomic E-state index is 13.7. The first-order valence-electron chi connectivity index (χ1n) is 14.5. The van der Waals surface area contributed by atoms with Gasteiger partial charge in [0.2, 0.25) is 20.9 Å². The lowest BCUT2D eigenvalue weighted by Crippen LogP contribution is -2.26. The number of para-hydroxylation sites is 1. The average Bonchev–Trinajstić information content (AvgIpc) is 3.33. The molecule has 9 nitrogen and oxygen atoms in total. The Labute approximate surface area is 264 Å². The van der Waals surface area contributed by atoms with Crippen LogP contribution in [0.1, 0.15) is 73.4 Å². The third-order valence-electron chi connectivity index (χ3n) is 7.70. The quantitative estimate of drug-likeness (QED) is 0.186. The van der Waals surface area contributed by atoms with Crippen LogP contribution in [0.4, 0.5) is 18.2 Å². The lowest BCUT2D eigenvalue weighted by Gasteiger charge is -2.33. The molecule has 1 unspecified atom stereocenters. The topological polar surface area (TPSA) is 125 Å². The summed E-state index contributed by atoms with van der Waals surface area (Å²) in [6.07, 6.45) is -3.10. The first kappa shape index (κ1) is 34.4. The standard InChI is InChI=1S/C31H36F3N3O6S2/c1-6-43-28(39)26-20-14-13-18(30(2,3)4)16-23(20)44-27(26)37-25(38)12-9-15-45(40,41)29-35-21(17-24(36-29)31(32,33)34)19-10-7-8-11-22(19)42-5/h7-8,10-11,17-18H,6,9,12-16H2,1-5H3,(H,37,38). The summed E-state index contributed by atoms with van der Waals surface area (Å²) in [4.78, 5) is 34.1. The number of hydrogen-bond donors (Lipinski definition) is 1. The molecule has 2 heterocycles. The SMILES string of the molecule is CCOC(=O)c1c(NC(=O)CCCS(=O)(=O)c2nc(-c3ccccc3OC)cc(C(F)(F)F)n2)sc2c1CCC(C(C)(C)C)C2. The van der Waals surface area contributed by atoms with Gasteiger partial charge in [0, 0.05) is 16.9 Å². The number of alkyl halides is 3. The number of carbonyl (C=O) groups is 2. The number of sulfone groups is 1. The normalized spacial score (nSPS) is 15.3. The second-order valence-electron chi connectivity index (χ2n) is 11.8. The van der Waals surface area contributed by atoms with E-state index in [1.54, 1.807) is 19.1 Å². The van der Waals surface area contributed by atoms with E-state index >= 15 is 0 Å². The van der Waals surface area contributed by atoms with Gasteiger partial charge in [0.25, 0.3) is 0 Å². The average molecular weight is 668 g/mol. The number of halogens is 3. The summed E-state index contributed by atoms with van der Waals surface area (Å²) in [5, 5.41) is 2.10. The Hall–Kier alpha value is -3.52. The van der Waals surface area contributed by atoms with Crippen molar-refractivity contribution in [1.29, 1.82) is 0 Å². The second kappa shape index (κ2) is 13.5. The van der Waals surface area contributed by atoms with E-state index in [9.17, 15) is 31.2 Å². The molecule has 0 fully saturated rings. The fourth-order valence-electron chi connectivity index (χ4n) is 5.24. The molecule has 4 rings (SSSR count). The van der Waals surface area contributed by atoms with Gasteiger partial charge in [0.05, 0.1) is 30.7 Å². The van der Waals surface area contributed by atoms with E-state index in [1.807, 2.05) is 0 Å². The van der Waals surface area contributed by atoms with E-state index < -0.39 is 44.5 Å². The highest BCUT2D eigenvalue weighted by Gasteiger charge is 2.36. The molecule has 1 aliphatic carbocycles. The van der Waals surface area contributed by atoms with Crippen molar-refractivity contribution in [3.63, 3.8) is 0 Å². The number of nitrogens with one attached hydrogen (secondary N) is 1. The van der Waals surface area contributed by atoms with Crippen LogP contribution in [0.15, 0.2) is 35.5 Å². The molecule has 1 amide bonds. The number of aromatic nitrogens is 2. The summed E-state index contributed by atoms with van der Waals surface area (Å²) < 4.78 is 77.8. The highest BCUT2D eigenvalue weighted by molar-refractivity contribution is 7.91. The summed E-state index contributed by atoms with van der Waals surface area (Å²) in [6, 6.07) is 6.80. The van der Waals surface area contributed by atoms with Crippen LogP contribution in [-0.2, 0) is 38.4 Å². The van der Waals surface area contributed by atoms with Crippen LogP contribution in [0.3, 0.4) is 0 Å². The van der Waals surface area contributed by atoms with Crippen molar-refractivity contribution < 1.29 is 40.7 Å². The van der Waals surface area contributed by atoms with Crippen molar-refractivity contribution in [1.82, 2.24) is 9.97 Å². The van der Waals surface area contributed by atoms with Crippen LogP contribution in [0.5, 0.6) is 5.75 Å². The smallest absolute Gasteiger partial charge is 0.433 e. The Kier molecular flexibility index (Phi) is 10.3. The molecular formula is C31H36F3N3O6S2. The van der Waals surface area contributed by atoms with Gasteiger partial charge in [-0.2, -0.15) is 13.2 Å². The number of methoxy groups -OCH3 is 1. The first-order chi connectivity index (χ1) is 21.0. The van der Waals surface area contributed by atoms with Crippen LogP contribution in [0.2, 0.25) is 0 Å². The molecule has 2 aromatic heterocycles. The van der Waals surface area contributed by atoms with Crippen LogP contribution in [0, 0.1) is 11.3 Å². The van der Waals surface area contributed by atoms with Crippen LogP contribution in [-0.4, -0.2) is 49.7 Å². The van der Waals surface area contributed by atoms with Crippen molar-refractivity contribution in [2.75, 3.05) is 24.8 Å². The molecule has 244 valence electrons. The molecule has 0 saturated carbocycles. The Morgan fingerprint density at radius 2 is 1.84 bits per heavy atom. The minimum Gasteiger partial charge on any atom is -0.496 e. The van der Waals surface area contributed by atoms with E-state index in [-0.39, 0.29) is 41.9 Å². The second-order valence-corrected chi connectivity index (χ2v) is 14.9. The van der Waals surface area contributed by atoms with Crippen LogP contribution in [0.25, 0.3) is 11.3 Å². The number of rotatable bonds is 10. The van der Waals surface area contributed by atoms with E-state index in [0.717, 1.165) is 23.3 Å². The van der Waals surface area contributed by atoms with Crippen LogP contribution < -0.4 is 10.1 Å². The van der Waals surface area contributed by atoms with Crippen molar-refractivity contribution in [2.45, 2.75) is 71.1 Å². The molecule has 1 atom stereocenters. The van der Waals surface area contributed by atoms with Gasteiger partial charge in [-0.1, -0.05) is 32.9 Å². The highest BCUT2D eigenvalue weighted by atomic mass is 32.2. The Morgan fingerprint density at radius 3 is 2.49 bits per heavy atom. The lowest BCUT2D eigenvalue weighted by atomic mass is 9.72. The van der Waals surface area contributed by atoms with Gasteiger partial charge >= 0.3 is 12.1 Å². The van der Waals surface area contributed by atoms with Gasteiger partial charge < -0.3 is 14.8 Å². The fourth-order valence-corrected chi connectivity index (χ4v) is 7.75. The molecule has 45 heavy (non-hydrogen) atoms. The summed E-state index contributed by atoms with van der Waals surface area (Å²) in [5.41, 5.74) is -0.272. The minimum absolute atomic E-state index is 0.0674. The van der Waals surface area contributed by atoms with Gasteiger partial charge in [0.1, 0.15) is 16.4 Å². The first-order valence-corrected chi connectivity index (χ1v) is 17.0. The molecule has 3 aromatic rings. The Balaban J connectivity index is 1.52. The number of amides is 1. The number of nitrogens with zero attached hydrogens (tertiary/aromatic N) is 2. The monoisotopic (exact) mass is 667 g/mol. The number of benzene rings is 1. The van der Waals surface area contributed by atoms with E-state index in [1.165, 1.54) is 30.6 Å². The molecule has 0 aliphatic heterocycles. The molecule has 1 aliphatic rings. The summed E-state index contributed by atoms with van der Waals surface area (Å²) in [6.45, 7) is 8.36. The Morgan fingerprint density at radius 1 is 1.13 bits per heavy atom. The number of ether oxygens (including phenoxy) is 2. The summed E-state index contributed by atoms with van der Waals surface area (Å²) in [7, 11) is -3.10. The fraction of sp³-hybridized carbons (Fsp3) is 0.484. The zero-order chi connectivity index (χ0) is 33.2. The number of thiophene rings is 1. The molecule has 0 spiro atoms. The molecular weight excluding hydrogens is 631 g/mol. The molecule has 0 saturated heterocycles. The van der Waals surface area contributed by atoms with Crippen molar-refractivity contribution in [3.05, 3.63) is 52.0 Å². The number of carbonyl (C=O) groups excluding carboxylic acids is 2. The molecule has 0 bridgehead atoms. The summed E-state index contributed by atoms with van der Waals surface area (Å²) >= 11 is 1.32. The Bertz CT molecular complexity index is 1680. The van der Waals surface area contributed by atoms with Gasteiger partial charge in [-0.25, -0.2) is 23.2 Å². The maximum atomic E-state index is 13.7. The molecule has 14 heteroatoms. The lowest BCUT2D eigenvalue weighted by molar-refractivity contribution is -0.141. The largest absolute Gasteiger partial charge is 0.496 e.